The molecule has 1 aliphatic heterocycles. The number of piperazine rings is 1. The zero-order valence-electron chi connectivity index (χ0n) is 15.9. The van der Waals surface area contributed by atoms with Crippen LogP contribution in [0.2, 0.25) is 0 Å². The summed E-state index contributed by atoms with van der Waals surface area (Å²) >= 11 is 0. The van der Waals surface area contributed by atoms with Crippen molar-refractivity contribution >= 4 is 11.8 Å². The fourth-order valence-electron chi connectivity index (χ4n) is 3.52. The Bertz CT molecular complexity index is 840. The van der Waals surface area contributed by atoms with Crippen LogP contribution < -0.4 is 0 Å². The first-order chi connectivity index (χ1) is 12.3. The van der Waals surface area contributed by atoms with Gasteiger partial charge < -0.3 is 9.80 Å². The Labute approximate surface area is 154 Å². The molecule has 0 atom stereocenters. The van der Waals surface area contributed by atoms with E-state index in [1.807, 2.05) is 24.8 Å². The third-order valence-electron chi connectivity index (χ3n) is 4.74. The maximum Gasteiger partial charge on any atom is 0.256 e. The molecule has 0 radical (unpaired) electrons. The lowest BCUT2D eigenvalue weighted by Crippen LogP contribution is -2.51. The van der Waals surface area contributed by atoms with Gasteiger partial charge in [0, 0.05) is 31.5 Å². The Morgan fingerprint density at radius 2 is 1.73 bits per heavy atom. The number of aromatic nitrogens is 1. The zero-order valence-corrected chi connectivity index (χ0v) is 15.9. The van der Waals surface area contributed by atoms with Gasteiger partial charge in [-0.2, -0.15) is 0 Å². The fourth-order valence-corrected chi connectivity index (χ4v) is 3.52. The minimum Gasteiger partial charge on any atom is -0.335 e. The van der Waals surface area contributed by atoms with Crippen molar-refractivity contribution in [2.45, 2.75) is 34.2 Å². The monoisotopic (exact) mass is 351 g/mol. The number of nitrogens with zero attached hydrogens (tertiary/aromatic N) is 3. The average molecular weight is 351 g/mol. The summed E-state index contributed by atoms with van der Waals surface area (Å²) in [5.74, 6) is -0.129. The molecule has 0 N–H and O–H groups in total. The largest absolute Gasteiger partial charge is 0.335 e. The highest BCUT2D eigenvalue weighted by Gasteiger charge is 2.28. The average Bonchev–Trinajstić information content (AvgIpc) is 2.55. The van der Waals surface area contributed by atoms with Crippen LogP contribution in [-0.4, -0.2) is 46.2 Å². The van der Waals surface area contributed by atoms with Crippen molar-refractivity contribution in [3.05, 3.63) is 64.0 Å². The van der Waals surface area contributed by atoms with Crippen molar-refractivity contribution in [2.75, 3.05) is 19.6 Å². The molecule has 2 aromatic rings. The maximum absolute atomic E-state index is 12.7. The van der Waals surface area contributed by atoms with Gasteiger partial charge in [0.25, 0.3) is 5.91 Å². The molecule has 26 heavy (non-hydrogen) atoms. The molecule has 1 saturated heterocycles. The second kappa shape index (κ2) is 7.28. The van der Waals surface area contributed by atoms with Crippen molar-refractivity contribution in [3.8, 4) is 0 Å². The summed E-state index contributed by atoms with van der Waals surface area (Å²) in [5, 5.41) is 0. The van der Waals surface area contributed by atoms with Crippen LogP contribution >= 0.6 is 0 Å². The van der Waals surface area contributed by atoms with Crippen LogP contribution in [0.3, 0.4) is 0 Å². The molecule has 0 bridgehead atoms. The third kappa shape index (κ3) is 3.93. The van der Waals surface area contributed by atoms with Crippen molar-refractivity contribution in [1.82, 2.24) is 14.8 Å². The SMILES string of the molecule is Cc1cc(C)cc(CN2CCN(C(=O)c3cnc(C)cc3C)CC2=O)c1. The predicted octanol–water partition coefficient (Wildman–Crippen LogP) is 2.80. The van der Waals surface area contributed by atoms with Gasteiger partial charge in [0.1, 0.15) is 6.54 Å². The normalized spacial score (nSPS) is 14.7. The van der Waals surface area contributed by atoms with Crippen LogP contribution in [0.15, 0.2) is 30.5 Å². The minimum atomic E-state index is -0.116. The molecular weight excluding hydrogens is 326 g/mol. The van der Waals surface area contributed by atoms with E-state index < -0.39 is 0 Å². The maximum atomic E-state index is 12.7. The number of carbonyl (C=O) groups excluding carboxylic acids is 2. The van der Waals surface area contributed by atoms with E-state index in [1.54, 1.807) is 11.1 Å². The molecular formula is C21H25N3O2. The summed E-state index contributed by atoms with van der Waals surface area (Å²) < 4.78 is 0. The summed E-state index contributed by atoms with van der Waals surface area (Å²) in [4.78, 5) is 33.0. The second-order valence-corrected chi connectivity index (χ2v) is 7.18. The number of benzene rings is 1. The molecule has 0 saturated carbocycles. The molecule has 1 aromatic heterocycles. The van der Waals surface area contributed by atoms with Gasteiger partial charge in [-0.05, 0) is 44.9 Å². The molecule has 2 amide bonds. The molecule has 1 aliphatic rings. The number of pyridine rings is 1. The molecule has 0 spiro atoms. The van der Waals surface area contributed by atoms with E-state index in [4.69, 9.17) is 0 Å². The number of hydrogen-bond acceptors (Lipinski definition) is 3. The van der Waals surface area contributed by atoms with Gasteiger partial charge in [0.15, 0.2) is 0 Å². The Morgan fingerprint density at radius 3 is 2.35 bits per heavy atom. The van der Waals surface area contributed by atoms with Gasteiger partial charge in [-0.3, -0.25) is 14.6 Å². The first kappa shape index (κ1) is 18.1. The topological polar surface area (TPSA) is 53.5 Å². The van der Waals surface area contributed by atoms with Crippen LogP contribution in [0.5, 0.6) is 0 Å². The van der Waals surface area contributed by atoms with E-state index in [-0.39, 0.29) is 18.4 Å². The van der Waals surface area contributed by atoms with Gasteiger partial charge >= 0.3 is 0 Å². The predicted molar refractivity (Wildman–Crippen MR) is 101 cm³/mol. The molecule has 5 nitrogen and oxygen atoms in total. The van der Waals surface area contributed by atoms with Crippen LogP contribution in [0.4, 0.5) is 0 Å². The molecule has 5 heteroatoms. The number of aryl methyl sites for hydroxylation is 4. The zero-order chi connectivity index (χ0) is 18.8. The lowest BCUT2D eigenvalue weighted by Gasteiger charge is -2.34. The molecule has 0 aliphatic carbocycles. The minimum absolute atomic E-state index is 0.0125. The van der Waals surface area contributed by atoms with Gasteiger partial charge in [-0.15, -0.1) is 0 Å². The molecule has 2 heterocycles. The molecule has 1 fully saturated rings. The number of carbonyl (C=O) groups is 2. The summed E-state index contributed by atoms with van der Waals surface area (Å²) in [6, 6.07) is 8.24. The van der Waals surface area contributed by atoms with Gasteiger partial charge in [0.05, 0.1) is 5.56 Å². The Kier molecular flexibility index (Phi) is 5.07. The lowest BCUT2D eigenvalue weighted by atomic mass is 10.1. The third-order valence-corrected chi connectivity index (χ3v) is 4.74. The van der Waals surface area contributed by atoms with Crippen LogP contribution in [0, 0.1) is 27.7 Å². The number of hydrogen-bond donors (Lipinski definition) is 0. The molecule has 136 valence electrons. The molecule has 0 unspecified atom stereocenters. The fraction of sp³-hybridized carbons (Fsp3) is 0.381. The van der Waals surface area contributed by atoms with E-state index in [9.17, 15) is 9.59 Å². The standard InChI is InChI=1S/C21H25N3O2/c1-14-7-15(2)9-18(8-14)12-23-5-6-24(13-20(23)25)21(26)19-11-22-17(4)10-16(19)3/h7-11H,5-6,12-13H2,1-4H3. The van der Waals surface area contributed by atoms with Crippen molar-refractivity contribution in [3.63, 3.8) is 0 Å². The smallest absolute Gasteiger partial charge is 0.256 e. The highest BCUT2D eigenvalue weighted by Crippen LogP contribution is 2.16. The van der Waals surface area contributed by atoms with Gasteiger partial charge in [-0.1, -0.05) is 29.3 Å². The highest BCUT2D eigenvalue weighted by atomic mass is 16.2. The number of rotatable bonds is 3. The molecule has 1 aromatic carbocycles. The summed E-state index contributed by atoms with van der Waals surface area (Å²) in [7, 11) is 0. The Hall–Kier alpha value is -2.69. The lowest BCUT2D eigenvalue weighted by molar-refractivity contribution is -0.135. The van der Waals surface area contributed by atoms with Crippen molar-refractivity contribution in [1.29, 1.82) is 0 Å². The highest BCUT2D eigenvalue weighted by molar-refractivity contribution is 5.98. The van der Waals surface area contributed by atoms with Crippen molar-refractivity contribution < 1.29 is 9.59 Å². The van der Waals surface area contributed by atoms with Gasteiger partial charge in [0.2, 0.25) is 5.91 Å². The Morgan fingerprint density at radius 1 is 1.04 bits per heavy atom. The summed E-state index contributed by atoms with van der Waals surface area (Å²) in [6.45, 7) is 9.74. The van der Waals surface area contributed by atoms with Crippen LogP contribution in [0.1, 0.15) is 38.3 Å². The number of amides is 2. The van der Waals surface area contributed by atoms with Crippen LogP contribution in [-0.2, 0) is 11.3 Å². The quantitative estimate of drug-likeness (QED) is 0.854. The second-order valence-electron chi connectivity index (χ2n) is 7.18. The first-order valence-electron chi connectivity index (χ1n) is 8.91. The Balaban J connectivity index is 1.68. The van der Waals surface area contributed by atoms with Crippen LogP contribution in [0.25, 0.3) is 0 Å². The van der Waals surface area contributed by atoms with E-state index >= 15 is 0 Å². The van der Waals surface area contributed by atoms with Crippen molar-refractivity contribution in [2.24, 2.45) is 0 Å². The summed E-state index contributed by atoms with van der Waals surface area (Å²) in [6.07, 6.45) is 1.61. The van der Waals surface area contributed by atoms with E-state index in [2.05, 4.69) is 37.0 Å². The van der Waals surface area contributed by atoms with E-state index in [0.717, 1.165) is 16.8 Å². The molecule has 3 rings (SSSR count). The van der Waals surface area contributed by atoms with Gasteiger partial charge in [-0.25, -0.2) is 0 Å². The van der Waals surface area contributed by atoms with E-state index in [0.29, 0.717) is 25.2 Å². The summed E-state index contributed by atoms with van der Waals surface area (Å²) in [5.41, 5.74) is 5.88. The van der Waals surface area contributed by atoms with E-state index in [1.165, 1.54) is 11.1 Å². The first-order valence-corrected chi connectivity index (χ1v) is 8.91.